The molecule has 2 aromatic rings. The van der Waals surface area contributed by atoms with Gasteiger partial charge in [-0.15, -0.1) is 0 Å². The van der Waals surface area contributed by atoms with Crippen LogP contribution in [0.1, 0.15) is 76.1 Å². The van der Waals surface area contributed by atoms with Gasteiger partial charge in [-0.2, -0.15) is 0 Å². The highest BCUT2D eigenvalue weighted by Crippen LogP contribution is 2.43. The molecule has 0 aliphatic carbocycles. The van der Waals surface area contributed by atoms with Crippen molar-refractivity contribution in [2.75, 3.05) is 0 Å². The lowest BCUT2D eigenvalue weighted by Gasteiger charge is -2.40. The van der Waals surface area contributed by atoms with Gasteiger partial charge in [-0.25, -0.2) is 0 Å². The summed E-state index contributed by atoms with van der Waals surface area (Å²) < 4.78 is 6.72. The van der Waals surface area contributed by atoms with Crippen molar-refractivity contribution in [1.29, 1.82) is 0 Å². The van der Waals surface area contributed by atoms with Gasteiger partial charge in [-0.05, 0) is 61.2 Å². The van der Waals surface area contributed by atoms with Crippen molar-refractivity contribution in [3.8, 4) is 0 Å². The minimum atomic E-state index is -1.98. The SMILES string of the molecule is CC(C)C(O[Si](C)(C)C(C)(C)C)c1ccc(C(=O)NC(C)(C)c2ccccc2)cc1Cl. The van der Waals surface area contributed by atoms with Crippen molar-refractivity contribution in [2.45, 2.75) is 78.2 Å². The molecule has 5 heteroatoms. The fourth-order valence-corrected chi connectivity index (χ4v) is 4.91. The summed E-state index contributed by atoms with van der Waals surface area (Å²) in [6.07, 6.45) is -0.105. The van der Waals surface area contributed by atoms with Crippen LogP contribution < -0.4 is 5.32 Å². The van der Waals surface area contributed by atoms with E-state index in [9.17, 15) is 4.79 Å². The quantitative estimate of drug-likeness (QED) is 0.430. The van der Waals surface area contributed by atoms with Crippen molar-refractivity contribution in [3.05, 3.63) is 70.2 Å². The van der Waals surface area contributed by atoms with Gasteiger partial charge in [0.15, 0.2) is 8.32 Å². The van der Waals surface area contributed by atoms with Crippen molar-refractivity contribution in [1.82, 2.24) is 5.32 Å². The number of nitrogens with one attached hydrogen (secondary N) is 1. The van der Waals surface area contributed by atoms with Crippen LogP contribution in [-0.2, 0) is 9.96 Å². The first-order chi connectivity index (χ1) is 14.2. The molecule has 0 fully saturated rings. The Labute approximate surface area is 194 Å². The highest BCUT2D eigenvalue weighted by atomic mass is 35.5. The summed E-state index contributed by atoms with van der Waals surface area (Å²) in [4.78, 5) is 13.0. The molecule has 1 unspecified atom stereocenters. The number of benzene rings is 2. The molecule has 0 radical (unpaired) electrons. The summed E-state index contributed by atoms with van der Waals surface area (Å²) in [5.41, 5.74) is 2.05. The third kappa shape index (κ3) is 6.21. The second-order valence-electron chi connectivity index (χ2n) is 10.7. The first-order valence-electron chi connectivity index (χ1n) is 11.0. The lowest BCUT2D eigenvalue weighted by molar-refractivity contribution is 0.0911. The first kappa shape index (κ1) is 25.6. The van der Waals surface area contributed by atoms with E-state index in [1.807, 2.05) is 56.3 Å². The molecule has 0 heterocycles. The van der Waals surface area contributed by atoms with E-state index in [-0.39, 0.29) is 23.0 Å². The predicted molar refractivity (Wildman–Crippen MR) is 134 cm³/mol. The van der Waals surface area contributed by atoms with E-state index in [1.165, 1.54) is 0 Å². The predicted octanol–water partition coefficient (Wildman–Crippen LogP) is 7.72. The Morgan fingerprint density at radius 3 is 2.06 bits per heavy atom. The smallest absolute Gasteiger partial charge is 0.252 e. The molecular weight excluding hydrogens is 422 g/mol. The van der Waals surface area contributed by atoms with Crippen LogP contribution in [0.4, 0.5) is 0 Å². The van der Waals surface area contributed by atoms with Gasteiger partial charge < -0.3 is 9.74 Å². The number of rotatable bonds is 7. The molecule has 0 saturated carbocycles. The molecular formula is C26H38ClNO2Si. The molecule has 0 aliphatic rings. The Morgan fingerprint density at radius 1 is 1.00 bits per heavy atom. The minimum absolute atomic E-state index is 0.105. The van der Waals surface area contributed by atoms with E-state index in [1.54, 1.807) is 6.07 Å². The fourth-order valence-electron chi connectivity index (χ4n) is 3.23. The van der Waals surface area contributed by atoms with Crippen molar-refractivity contribution in [3.63, 3.8) is 0 Å². The van der Waals surface area contributed by atoms with Crippen LogP contribution in [0, 0.1) is 5.92 Å². The van der Waals surface area contributed by atoms with Crippen molar-refractivity contribution >= 4 is 25.8 Å². The second kappa shape index (κ2) is 9.48. The average Bonchev–Trinajstić information content (AvgIpc) is 2.65. The van der Waals surface area contributed by atoms with Gasteiger partial charge in [0.25, 0.3) is 5.91 Å². The molecule has 0 aromatic heterocycles. The standard InChI is InChI=1S/C26H38ClNO2Si/c1-18(2)23(30-31(8,9)25(3,4)5)21-16-15-19(17-22(21)27)24(29)28-26(6,7)20-13-11-10-12-14-20/h10-18,23H,1-9H3,(H,28,29). The van der Waals surface area contributed by atoms with Crippen LogP contribution >= 0.6 is 11.6 Å². The zero-order chi connectivity index (χ0) is 23.6. The lowest BCUT2D eigenvalue weighted by atomic mass is 9.93. The van der Waals surface area contributed by atoms with Gasteiger partial charge in [0.2, 0.25) is 0 Å². The summed E-state index contributed by atoms with van der Waals surface area (Å²) in [5, 5.41) is 3.80. The maximum Gasteiger partial charge on any atom is 0.252 e. The van der Waals surface area contributed by atoms with Gasteiger partial charge >= 0.3 is 0 Å². The molecule has 3 nitrogen and oxygen atoms in total. The number of carbonyl (C=O) groups excluding carboxylic acids is 1. The Morgan fingerprint density at radius 2 is 1.58 bits per heavy atom. The van der Waals surface area contributed by atoms with E-state index < -0.39 is 13.9 Å². The lowest BCUT2D eigenvalue weighted by Crippen LogP contribution is -2.42. The van der Waals surface area contributed by atoms with Gasteiger partial charge in [0.1, 0.15) is 0 Å². The van der Waals surface area contributed by atoms with Gasteiger partial charge in [0, 0.05) is 10.6 Å². The molecule has 2 aromatic carbocycles. The van der Waals surface area contributed by atoms with E-state index in [0.29, 0.717) is 10.6 Å². The number of halogens is 1. The summed E-state index contributed by atoms with van der Waals surface area (Å²) in [7, 11) is -1.98. The van der Waals surface area contributed by atoms with E-state index in [2.05, 4.69) is 53.0 Å². The van der Waals surface area contributed by atoms with Crippen molar-refractivity contribution < 1.29 is 9.22 Å². The number of carbonyl (C=O) groups is 1. The fraction of sp³-hybridized carbons (Fsp3) is 0.500. The van der Waals surface area contributed by atoms with Crippen LogP contribution in [0.5, 0.6) is 0 Å². The summed E-state index contributed by atoms with van der Waals surface area (Å²) in [6.45, 7) is 19.5. The van der Waals surface area contributed by atoms with Gasteiger partial charge in [-0.1, -0.05) is 82.6 Å². The molecule has 1 atom stereocenters. The molecule has 0 bridgehead atoms. The van der Waals surface area contributed by atoms with Gasteiger partial charge in [-0.3, -0.25) is 4.79 Å². The molecule has 1 amide bonds. The zero-order valence-electron chi connectivity index (χ0n) is 20.5. The molecule has 1 N–H and O–H groups in total. The molecule has 0 spiro atoms. The third-order valence-electron chi connectivity index (χ3n) is 6.32. The maximum atomic E-state index is 13.0. The van der Waals surface area contributed by atoms with Crippen LogP contribution in [0.15, 0.2) is 48.5 Å². The minimum Gasteiger partial charge on any atom is -0.410 e. The Kier molecular flexibility index (Phi) is 7.84. The van der Waals surface area contributed by atoms with E-state index in [0.717, 1.165) is 11.1 Å². The molecule has 31 heavy (non-hydrogen) atoms. The van der Waals surface area contributed by atoms with Crippen LogP contribution in [-0.4, -0.2) is 14.2 Å². The number of hydrogen-bond acceptors (Lipinski definition) is 2. The van der Waals surface area contributed by atoms with Crippen LogP contribution in [0.25, 0.3) is 0 Å². The Hall–Kier alpha value is -1.62. The zero-order valence-corrected chi connectivity index (χ0v) is 22.2. The monoisotopic (exact) mass is 459 g/mol. The van der Waals surface area contributed by atoms with Crippen LogP contribution in [0.3, 0.4) is 0 Å². The average molecular weight is 460 g/mol. The highest BCUT2D eigenvalue weighted by Gasteiger charge is 2.40. The summed E-state index contributed by atoms with van der Waals surface area (Å²) >= 11 is 6.70. The normalized spacial score (nSPS) is 13.9. The third-order valence-corrected chi connectivity index (χ3v) is 11.1. The molecule has 2 rings (SSSR count). The molecule has 0 saturated heterocycles. The topological polar surface area (TPSA) is 38.3 Å². The van der Waals surface area contributed by atoms with Crippen molar-refractivity contribution in [2.24, 2.45) is 5.92 Å². The first-order valence-corrected chi connectivity index (χ1v) is 14.3. The Bertz CT molecular complexity index is 901. The highest BCUT2D eigenvalue weighted by molar-refractivity contribution is 6.74. The second-order valence-corrected chi connectivity index (χ2v) is 15.9. The molecule has 0 aliphatic heterocycles. The summed E-state index contributed by atoms with van der Waals surface area (Å²) in [6, 6.07) is 15.5. The number of hydrogen-bond donors (Lipinski definition) is 1. The van der Waals surface area contributed by atoms with Gasteiger partial charge in [0.05, 0.1) is 11.6 Å². The largest absolute Gasteiger partial charge is 0.410 e. The van der Waals surface area contributed by atoms with E-state index in [4.69, 9.17) is 16.0 Å². The maximum absolute atomic E-state index is 13.0. The summed E-state index contributed by atoms with van der Waals surface area (Å²) in [5.74, 6) is 0.122. The molecule has 170 valence electrons. The number of amides is 1. The Balaban J connectivity index is 2.28. The van der Waals surface area contributed by atoms with Crippen LogP contribution in [0.2, 0.25) is 23.2 Å². The van der Waals surface area contributed by atoms with E-state index >= 15 is 0 Å².